The minimum atomic E-state index is -0.206. The molecule has 5 rings (SSSR count). The Morgan fingerprint density at radius 1 is 1.07 bits per heavy atom. The van der Waals surface area contributed by atoms with E-state index in [0.717, 1.165) is 11.3 Å². The molecule has 0 bridgehead atoms. The monoisotopic (exact) mass is 372 g/mol. The Kier molecular flexibility index (Phi) is 3.93. The van der Waals surface area contributed by atoms with E-state index in [9.17, 15) is 4.79 Å². The number of hydrogen-bond donors (Lipinski definition) is 2. The molecule has 3 aromatic heterocycles. The third-order valence-electron chi connectivity index (χ3n) is 4.77. The number of amides is 1. The van der Waals surface area contributed by atoms with Gasteiger partial charge in [-0.1, -0.05) is 35.5 Å². The number of carbonyl (C=O) groups is 1. The van der Waals surface area contributed by atoms with Crippen LogP contribution in [-0.4, -0.2) is 37.5 Å². The normalized spacial score (nSPS) is 16.3. The standard InChI is InChI=1S/C20H16N6O2/c27-19-16-15(9-14(11-22-19)12-5-2-1-3-6-12)23-18(24-16)20-25-17(26-28-20)13-7-4-8-21-10-13/h1-8,10,14H,9,11H2,(H,22,27)(H,23,24)/t14-/m1/s1. The number of pyridine rings is 1. The van der Waals surface area contributed by atoms with Crippen molar-refractivity contribution >= 4 is 5.91 Å². The predicted octanol–water partition coefficient (Wildman–Crippen LogP) is 2.59. The fourth-order valence-corrected chi connectivity index (χ4v) is 3.36. The fraction of sp³-hybridized carbons (Fsp3) is 0.150. The highest BCUT2D eigenvalue weighted by molar-refractivity contribution is 5.94. The van der Waals surface area contributed by atoms with E-state index in [4.69, 9.17) is 4.52 Å². The second-order valence-electron chi connectivity index (χ2n) is 6.60. The van der Waals surface area contributed by atoms with Gasteiger partial charge in [-0.3, -0.25) is 9.78 Å². The van der Waals surface area contributed by atoms with E-state index in [-0.39, 0.29) is 17.7 Å². The summed E-state index contributed by atoms with van der Waals surface area (Å²) in [5.41, 5.74) is 3.05. The smallest absolute Gasteiger partial charge is 0.294 e. The molecule has 4 heterocycles. The summed E-state index contributed by atoms with van der Waals surface area (Å²) in [6.45, 7) is 0.564. The van der Waals surface area contributed by atoms with E-state index in [1.54, 1.807) is 18.5 Å². The third-order valence-corrected chi connectivity index (χ3v) is 4.77. The van der Waals surface area contributed by atoms with E-state index in [2.05, 4.69) is 42.5 Å². The first-order valence-corrected chi connectivity index (χ1v) is 8.94. The number of aromatic amines is 1. The number of nitrogens with one attached hydrogen (secondary N) is 2. The van der Waals surface area contributed by atoms with Gasteiger partial charge in [0.2, 0.25) is 5.82 Å². The van der Waals surface area contributed by atoms with E-state index in [0.29, 0.717) is 30.3 Å². The predicted molar refractivity (Wildman–Crippen MR) is 100 cm³/mol. The van der Waals surface area contributed by atoms with Gasteiger partial charge in [0.05, 0.1) is 0 Å². The zero-order valence-electron chi connectivity index (χ0n) is 14.8. The molecule has 1 amide bonds. The molecule has 0 saturated heterocycles. The Balaban J connectivity index is 1.47. The van der Waals surface area contributed by atoms with Crippen molar-refractivity contribution in [3.63, 3.8) is 0 Å². The van der Waals surface area contributed by atoms with Gasteiger partial charge < -0.3 is 14.8 Å². The molecule has 1 atom stereocenters. The van der Waals surface area contributed by atoms with E-state index >= 15 is 0 Å². The van der Waals surface area contributed by atoms with Crippen LogP contribution in [0.3, 0.4) is 0 Å². The Bertz CT molecular complexity index is 1120. The van der Waals surface area contributed by atoms with Crippen LogP contribution in [-0.2, 0) is 6.42 Å². The van der Waals surface area contributed by atoms with Gasteiger partial charge in [0, 0.05) is 36.1 Å². The molecular weight excluding hydrogens is 356 g/mol. The summed E-state index contributed by atoms with van der Waals surface area (Å²) in [6.07, 6.45) is 3.99. The van der Waals surface area contributed by atoms with Gasteiger partial charge in [-0.05, 0) is 24.1 Å². The zero-order valence-corrected chi connectivity index (χ0v) is 14.8. The first kappa shape index (κ1) is 16.4. The summed E-state index contributed by atoms with van der Waals surface area (Å²) in [6, 6.07) is 13.8. The van der Waals surface area contributed by atoms with Crippen molar-refractivity contribution < 1.29 is 9.32 Å². The number of rotatable bonds is 3. The number of benzene rings is 1. The Labute approximate surface area is 160 Å². The van der Waals surface area contributed by atoms with Gasteiger partial charge >= 0.3 is 0 Å². The largest absolute Gasteiger partial charge is 0.350 e. The molecule has 0 aliphatic carbocycles. The van der Waals surface area contributed by atoms with Crippen LogP contribution in [0.1, 0.15) is 27.7 Å². The molecule has 1 aliphatic rings. The van der Waals surface area contributed by atoms with E-state index in [1.165, 1.54) is 5.56 Å². The van der Waals surface area contributed by atoms with Gasteiger partial charge in [-0.2, -0.15) is 4.98 Å². The van der Waals surface area contributed by atoms with Crippen molar-refractivity contribution in [3.8, 4) is 23.1 Å². The van der Waals surface area contributed by atoms with Crippen molar-refractivity contribution in [2.24, 2.45) is 0 Å². The molecule has 0 fully saturated rings. The first-order valence-electron chi connectivity index (χ1n) is 8.94. The highest BCUT2D eigenvalue weighted by atomic mass is 16.5. The fourth-order valence-electron chi connectivity index (χ4n) is 3.36. The second-order valence-corrected chi connectivity index (χ2v) is 6.60. The van der Waals surface area contributed by atoms with Crippen molar-refractivity contribution in [1.82, 2.24) is 30.4 Å². The van der Waals surface area contributed by atoms with Gasteiger partial charge in [-0.15, -0.1) is 0 Å². The molecular formula is C20H16N6O2. The summed E-state index contributed by atoms with van der Waals surface area (Å²) < 4.78 is 5.35. The summed E-state index contributed by atoms with van der Waals surface area (Å²) in [7, 11) is 0. The average Bonchev–Trinajstić information content (AvgIpc) is 3.37. The number of aromatic nitrogens is 5. The van der Waals surface area contributed by atoms with Crippen molar-refractivity contribution in [3.05, 3.63) is 71.8 Å². The highest BCUT2D eigenvalue weighted by Crippen LogP contribution is 2.27. The Morgan fingerprint density at radius 3 is 2.79 bits per heavy atom. The number of H-pyrrole nitrogens is 1. The highest BCUT2D eigenvalue weighted by Gasteiger charge is 2.27. The molecule has 0 saturated carbocycles. The van der Waals surface area contributed by atoms with E-state index < -0.39 is 0 Å². The molecule has 2 N–H and O–H groups in total. The van der Waals surface area contributed by atoms with Crippen molar-refractivity contribution in [1.29, 1.82) is 0 Å². The molecule has 0 unspecified atom stereocenters. The summed E-state index contributed by atoms with van der Waals surface area (Å²) in [5, 5.41) is 6.93. The van der Waals surface area contributed by atoms with Crippen LogP contribution >= 0.6 is 0 Å². The molecule has 8 heteroatoms. The maximum atomic E-state index is 12.5. The van der Waals surface area contributed by atoms with Gasteiger partial charge in [0.15, 0.2) is 5.82 Å². The number of hydrogen-bond acceptors (Lipinski definition) is 6. The lowest BCUT2D eigenvalue weighted by Gasteiger charge is -2.14. The molecule has 28 heavy (non-hydrogen) atoms. The van der Waals surface area contributed by atoms with Crippen LogP contribution < -0.4 is 5.32 Å². The number of nitrogens with zero attached hydrogens (tertiary/aromatic N) is 4. The van der Waals surface area contributed by atoms with E-state index in [1.807, 2.05) is 24.3 Å². The van der Waals surface area contributed by atoms with Crippen LogP contribution in [0.15, 0.2) is 59.4 Å². The molecule has 0 radical (unpaired) electrons. The minimum Gasteiger partial charge on any atom is -0.350 e. The average molecular weight is 372 g/mol. The second kappa shape index (κ2) is 6.73. The third kappa shape index (κ3) is 2.94. The lowest BCUT2D eigenvalue weighted by atomic mass is 9.94. The van der Waals surface area contributed by atoms with Gasteiger partial charge in [-0.25, -0.2) is 4.98 Å². The van der Waals surface area contributed by atoms with Crippen molar-refractivity contribution in [2.45, 2.75) is 12.3 Å². The van der Waals surface area contributed by atoms with Crippen LogP contribution in [0.4, 0.5) is 0 Å². The van der Waals surface area contributed by atoms with Crippen LogP contribution in [0.2, 0.25) is 0 Å². The SMILES string of the molecule is O=C1NC[C@H](c2ccccc2)Cc2[nH]c(-c3nc(-c4cccnc4)no3)nc21. The minimum absolute atomic E-state index is 0.160. The quantitative estimate of drug-likeness (QED) is 0.572. The first-order chi connectivity index (χ1) is 13.8. The number of imidazole rings is 1. The molecule has 8 nitrogen and oxygen atoms in total. The molecule has 0 spiro atoms. The van der Waals surface area contributed by atoms with Gasteiger partial charge in [0.25, 0.3) is 11.8 Å². The zero-order chi connectivity index (χ0) is 18.9. The number of carbonyl (C=O) groups excluding carboxylic acids is 1. The molecule has 1 aromatic carbocycles. The molecule has 4 aromatic rings. The van der Waals surface area contributed by atoms with Gasteiger partial charge in [0.1, 0.15) is 5.69 Å². The van der Waals surface area contributed by atoms with Crippen LogP contribution in [0.5, 0.6) is 0 Å². The molecule has 1 aliphatic heterocycles. The van der Waals surface area contributed by atoms with Crippen LogP contribution in [0.25, 0.3) is 23.1 Å². The maximum absolute atomic E-state index is 12.5. The summed E-state index contributed by atoms with van der Waals surface area (Å²) in [5.74, 6) is 0.991. The molecule has 138 valence electrons. The lowest BCUT2D eigenvalue weighted by Crippen LogP contribution is -2.26. The van der Waals surface area contributed by atoms with Crippen LogP contribution in [0, 0.1) is 0 Å². The lowest BCUT2D eigenvalue weighted by molar-refractivity contribution is 0.0950. The van der Waals surface area contributed by atoms with Crippen molar-refractivity contribution in [2.75, 3.05) is 6.54 Å². The number of fused-ring (bicyclic) bond motifs is 1. The summed E-state index contributed by atoms with van der Waals surface area (Å²) in [4.78, 5) is 28.5. The summed E-state index contributed by atoms with van der Waals surface area (Å²) >= 11 is 0. The maximum Gasteiger partial charge on any atom is 0.294 e. The Hall–Kier alpha value is -3.81. The Morgan fingerprint density at radius 2 is 1.96 bits per heavy atom. The topological polar surface area (TPSA) is 110 Å².